The van der Waals surface area contributed by atoms with E-state index in [4.69, 9.17) is 5.73 Å². The number of hydrogen-bond acceptors (Lipinski definition) is 5. The molecule has 19 heavy (non-hydrogen) atoms. The van der Waals surface area contributed by atoms with Crippen LogP contribution in [0.1, 0.15) is 12.0 Å². The van der Waals surface area contributed by atoms with Crippen LogP contribution >= 0.6 is 12.4 Å². The smallest absolute Gasteiger partial charge is 0.225 e. The molecule has 0 unspecified atom stereocenters. The highest BCUT2D eigenvalue weighted by molar-refractivity contribution is 5.91. The number of tetrazole rings is 1. The number of aromatic nitrogens is 4. The molecular formula is C11H15ClN6O. The van der Waals surface area contributed by atoms with Gasteiger partial charge < -0.3 is 11.1 Å². The molecule has 2 rings (SSSR count). The lowest BCUT2D eigenvalue weighted by Crippen LogP contribution is -2.16. The first-order valence-electron chi connectivity index (χ1n) is 5.54. The topological polar surface area (TPSA) is 98.7 Å². The van der Waals surface area contributed by atoms with Crippen molar-refractivity contribution in [1.82, 2.24) is 20.2 Å². The van der Waals surface area contributed by atoms with Gasteiger partial charge in [0, 0.05) is 18.7 Å². The molecule has 8 heteroatoms. The van der Waals surface area contributed by atoms with Crippen molar-refractivity contribution in [3.05, 3.63) is 30.1 Å². The van der Waals surface area contributed by atoms with Crippen molar-refractivity contribution >= 4 is 24.0 Å². The van der Waals surface area contributed by atoms with E-state index in [1.54, 1.807) is 4.68 Å². The summed E-state index contributed by atoms with van der Waals surface area (Å²) in [7, 11) is 0. The second-order valence-electron chi connectivity index (χ2n) is 3.84. The Bertz CT molecular complexity index is 542. The number of amides is 1. The van der Waals surface area contributed by atoms with Gasteiger partial charge in [-0.15, -0.1) is 17.5 Å². The van der Waals surface area contributed by atoms with Gasteiger partial charge in [-0.25, -0.2) is 4.68 Å². The Hall–Kier alpha value is -1.99. The van der Waals surface area contributed by atoms with Gasteiger partial charge in [0.2, 0.25) is 5.91 Å². The molecule has 1 heterocycles. The van der Waals surface area contributed by atoms with Crippen molar-refractivity contribution in [3.8, 4) is 5.69 Å². The third-order valence-electron chi connectivity index (χ3n) is 2.46. The lowest BCUT2D eigenvalue weighted by molar-refractivity contribution is -0.116. The van der Waals surface area contributed by atoms with E-state index in [9.17, 15) is 4.79 Å². The zero-order chi connectivity index (χ0) is 13.0. The van der Waals surface area contributed by atoms with Crippen molar-refractivity contribution in [2.24, 2.45) is 5.73 Å². The summed E-state index contributed by atoms with van der Waals surface area (Å²) in [5.41, 5.74) is 7.86. The number of rotatable bonds is 4. The molecule has 0 radical (unpaired) electrons. The Morgan fingerprint density at radius 3 is 2.89 bits per heavy atom. The number of hydrogen-bond donors (Lipinski definition) is 2. The van der Waals surface area contributed by atoms with Gasteiger partial charge >= 0.3 is 0 Å². The summed E-state index contributed by atoms with van der Waals surface area (Å²) >= 11 is 0. The molecule has 1 amide bonds. The number of carbonyl (C=O) groups is 1. The maximum absolute atomic E-state index is 11.5. The minimum atomic E-state index is -0.107. The first-order chi connectivity index (χ1) is 8.70. The predicted octanol–water partition coefficient (Wildman–Crippen LogP) is 0.680. The SMILES string of the molecule is Cc1ccc(NC(=O)CCN)cc1-n1cnnn1.Cl. The van der Waals surface area contributed by atoms with Crippen LogP contribution in [0.5, 0.6) is 0 Å². The number of nitrogens with two attached hydrogens (primary N) is 1. The fourth-order valence-electron chi connectivity index (χ4n) is 1.56. The van der Waals surface area contributed by atoms with Crippen LogP contribution in [0.15, 0.2) is 24.5 Å². The average molecular weight is 283 g/mol. The molecule has 0 spiro atoms. The molecule has 0 atom stereocenters. The highest BCUT2D eigenvalue weighted by Gasteiger charge is 2.06. The Labute approximate surface area is 116 Å². The van der Waals surface area contributed by atoms with Gasteiger partial charge in [-0.2, -0.15) is 0 Å². The van der Waals surface area contributed by atoms with Crippen LogP contribution < -0.4 is 11.1 Å². The summed E-state index contributed by atoms with van der Waals surface area (Å²) < 4.78 is 1.55. The van der Waals surface area contributed by atoms with Gasteiger partial charge in [-0.1, -0.05) is 6.07 Å². The van der Waals surface area contributed by atoms with E-state index in [2.05, 4.69) is 20.8 Å². The maximum atomic E-state index is 11.5. The van der Waals surface area contributed by atoms with Crippen LogP contribution in [0.25, 0.3) is 5.69 Å². The Balaban J connectivity index is 0.00000180. The minimum absolute atomic E-state index is 0. The molecule has 7 nitrogen and oxygen atoms in total. The standard InChI is InChI=1S/C11H14N6O.ClH/c1-8-2-3-9(14-11(18)4-5-12)6-10(8)17-7-13-15-16-17;/h2-3,6-7H,4-5,12H2,1H3,(H,14,18);1H. The van der Waals surface area contributed by atoms with Crippen LogP contribution in [-0.4, -0.2) is 32.7 Å². The van der Waals surface area contributed by atoms with Crippen molar-refractivity contribution < 1.29 is 4.79 Å². The largest absolute Gasteiger partial charge is 0.330 e. The van der Waals surface area contributed by atoms with Crippen LogP contribution in [0.4, 0.5) is 5.69 Å². The van der Waals surface area contributed by atoms with Gasteiger partial charge in [0.25, 0.3) is 0 Å². The second kappa shape index (κ2) is 6.81. The summed E-state index contributed by atoms with van der Waals surface area (Å²) in [6, 6.07) is 5.55. The number of carbonyl (C=O) groups excluding carboxylic acids is 1. The first-order valence-corrected chi connectivity index (χ1v) is 5.54. The lowest BCUT2D eigenvalue weighted by atomic mass is 10.2. The molecule has 0 saturated heterocycles. The van der Waals surface area contributed by atoms with Crippen molar-refractivity contribution in [2.45, 2.75) is 13.3 Å². The maximum Gasteiger partial charge on any atom is 0.225 e. The second-order valence-corrected chi connectivity index (χ2v) is 3.84. The summed E-state index contributed by atoms with van der Waals surface area (Å²) in [5, 5.41) is 13.8. The molecule has 0 aliphatic carbocycles. The van der Waals surface area contributed by atoms with Crippen molar-refractivity contribution in [2.75, 3.05) is 11.9 Å². The van der Waals surface area contributed by atoms with Gasteiger partial charge in [-0.05, 0) is 35.0 Å². The highest BCUT2D eigenvalue weighted by atomic mass is 35.5. The Morgan fingerprint density at radius 1 is 1.47 bits per heavy atom. The molecular weight excluding hydrogens is 268 g/mol. The van der Waals surface area contributed by atoms with Gasteiger partial charge in [-0.3, -0.25) is 4.79 Å². The minimum Gasteiger partial charge on any atom is -0.330 e. The monoisotopic (exact) mass is 282 g/mol. The van der Waals surface area contributed by atoms with Crippen molar-refractivity contribution in [1.29, 1.82) is 0 Å². The summed E-state index contributed by atoms with van der Waals surface area (Å²) in [6.07, 6.45) is 1.81. The van der Waals surface area contributed by atoms with E-state index in [0.29, 0.717) is 18.7 Å². The van der Waals surface area contributed by atoms with Gasteiger partial charge in [0.15, 0.2) is 0 Å². The first kappa shape index (κ1) is 15.1. The summed E-state index contributed by atoms with van der Waals surface area (Å²) in [6.45, 7) is 2.28. The number of nitrogens with one attached hydrogen (secondary N) is 1. The quantitative estimate of drug-likeness (QED) is 0.859. The fraction of sp³-hybridized carbons (Fsp3) is 0.273. The molecule has 1 aromatic heterocycles. The number of anilines is 1. The number of benzene rings is 1. The van der Waals surface area contributed by atoms with Crippen molar-refractivity contribution in [3.63, 3.8) is 0 Å². The van der Waals surface area contributed by atoms with E-state index in [0.717, 1.165) is 11.3 Å². The van der Waals surface area contributed by atoms with E-state index in [-0.39, 0.29) is 18.3 Å². The fourth-order valence-corrected chi connectivity index (χ4v) is 1.56. The van der Waals surface area contributed by atoms with E-state index in [1.165, 1.54) is 6.33 Å². The third-order valence-corrected chi connectivity index (χ3v) is 2.46. The van der Waals surface area contributed by atoms with E-state index >= 15 is 0 Å². The van der Waals surface area contributed by atoms with Gasteiger partial charge in [0.05, 0.1) is 5.69 Å². The molecule has 0 aliphatic rings. The Kier molecular flexibility index (Phi) is 5.40. The number of aryl methyl sites for hydroxylation is 1. The summed E-state index contributed by atoms with van der Waals surface area (Å²) in [4.78, 5) is 11.5. The summed E-state index contributed by atoms with van der Waals surface area (Å²) in [5.74, 6) is -0.107. The van der Waals surface area contributed by atoms with E-state index in [1.807, 2.05) is 25.1 Å². The molecule has 0 saturated carbocycles. The molecule has 2 aromatic rings. The van der Waals surface area contributed by atoms with Crippen LogP contribution in [-0.2, 0) is 4.79 Å². The molecule has 0 aliphatic heterocycles. The molecule has 0 fully saturated rings. The van der Waals surface area contributed by atoms with Crippen LogP contribution in [0, 0.1) is 6.92 Å². The van der Waals surface area contributed by atoms with Crippen LogP contribution in [0.3, 0.4) is 0 Å². The predicted molar refractivity (Wildman–Crippen MR) is 73.4 cm³/mol. The molecule has 3 N–H and O–H groups in total. The molecule has 1 aromatic carbocycles. The molecule has 102 valence electrons. The number of nitrogens with zero attached hydrogens (tertiary/aromatic N) is 4. The lowest BCUT2D eigenvalue weighted by Gasteiger charge is -2.09. The average Bonchev–Trinajstić information content (AvgIpc) is 2.85. The third kappa shape index (κ3) is 3.73. The Morgan fingerprint density at radius 2 is 2.26 bits per heavy atom. The van der Waals surface area contributed by atoms with E-state index < -0.39 is 0 Å². The zero-order valence-corrected chi connectivity index (χ0v) is 11.2. The normalized spacial score (nSPS) is 9.79. The zero-order valence-electron chi connectivity index (χ0n) is 10.4. The molecule has 0 bridgehead atoms. The number of halogens is 1. The van der Waals surface area contributed by atoms with Gasteiger partial charge in [0.1, 0.15) is 6.33 Å². The highest BCUT2D eigenvalue weighted by Crippen LogP contribution is 2.18. The van der Waals surface area contributed by atoms with Crippen LogP contribution in [0.2, 0.25) is 0 Å².